The topological polar surface area (TPSA) is 41.5 Å². The number of ether oxygens (including phenoxy) is 1. The van der Waals surface area contributed by atoms with Crippen molar-refractivity contribution in [2.45, 2.75) is 25.3 Å². The van der Waals surface area contributed by atoms with E-state index in [1.165, 1.54) is 0 Å². The van der Waals surface area contributed by atoms with Gasteiger partial charge in [0.25, 0.3) is 0 Å². The quantitative estimate of drug-likeness (QED) is 0.813. The van der Waals surface area contributed by atoms with Gasteiger partial charge in [-0.3, -0.25) is 0 Å². The van der Waals surface area contributed by atoms with Crippen LogP contribution < -0.4 is 10.1 Å². The Morgan fingerprint density at radius 1 is 1.05 bits per heavy atom. The Balaban J connectivity index is 2.31. The van der Waals surface area contributed by atoms with Gasteiger partial charge in [-0.1, -0.05) is 43.7 Å². The molecule has 0 heterocycles. The van der Waals surface area contributed by atoms with E-state index in [1.807, 2.05) is 42.5 Å². The second-order valence-corrected chi connectivity index (χ2v) is 5.21. The number of hydrogen-bond acceptors (Lipinski definition) is 3. The van der Waals surface area contributed by atoms with E-state index in [1.54, 1.807) is 7.11 Å². The Kier molecular flexibility index (Phi) is 5.23. The van der Waals surface area contributed by atoms with Crippen molar-refractivity contribution in [1.82, 2.24) is 0 Å². The summed E-state index contributed by atoms with van der Waals surface area (Å²) in [5, 5.41) is 13.5. The summed E-state index contributed by atoms with van der Waals surface area (Å²) in [7, 11) is 1.65. The van der Waals surface area contributed by atoms with E-state index in [2.05, 4.69) is 24.4 Å². The van der Waals surface area contributed by atoms with Crippen LogP contribution in [0.2, 0.25) is 0 Å². The first-order chi connectivity index (χ1) is 10.2. The molecular formula is C18H23NO2. The lowest BCUT2D eigenvalue weighted by Crippen LogP contribution is -2.39. The molecule has 2 N–H and O–H groups in total. The Morgan fingerprint density at radius 2 is 1.71 bits per heavy atom. The third-order valence-electron chi connectivity index (χ3n) is 3.75. The van der Waals surface area contributed by atoms with Crippen LogP contribution in [0.4, 0.5) is 5.69 Å². The van der Waals surface area contributed by atoms with E-state index in [0.717, 1.165) is 29.8 Å². The standard InChI is InChI=1S/C18H23NO2/c1-3-13-18(14-20,15-7-5-4-6-8-15)19-16-9-11-17(21-2)12-10-16/h4-12,19-20H,3,13-14H2,1-2H3. The molecule has 0 spiro atoms. The summed E-state index contributed by atoms with van der Waals surface area (Å²) in [4.78, 5) is 0. The minimum absolute atomic E-state index is 0.0525. The van der Waals surface area contributed by atoms with Gasteiger partial charge < -0.3 is 15.2 Å². The fourth-order valence-electron chi connectivity index (χ4n) is 2.62. The van der Waals surface area contributed by atoms with Gasteiger partial charge in [-0.15, -0.1) is 0 Å². The number of benzene rings is 2. The van der Waals surface area contributed by atoms with Crippen molar-refractivity contribution >= 4 is 5.69 Å². The molecule has 3 heteroatoms. The van der Waals surface area contributed by atoms with Crippen LogP contribution in [0.25, 0.3) is 0 Å². The summed E-state index contributed by atoms with van der Waals surface area (Å²) in [6.07, 6.45) is 1.85. The normalized spacial score (nSPS) is 13.5. The van der Waals surface area contributed by atoms with Crippen LogP contribution >= 0.6 is 0 Å². The Labute approximate surface area is 126 Å². The second kappa shape index (κ2) is 7.14. The van der Waals surface area contributed by atoms with Crippen LogP contribution in [0, 0.1) is 0 Å². The van der Waals surface area contributed by atoms with Gasteiger partial charge in [-0.2, -0.15) is 0 Å². The van der Waals surface area contributed by atoms with E-state index in [9.17, 15) is 5.11 Å². The van der Waals surface area contributed by atoms with E-state index in [0.29, 0.717) is 0 Å². The van der Waals surface area contributed by atoms with Crippen LogP contribution in [0.15, 0.2) is 54.6 Å². The SMILES string of the molecule is CCCC(CO)(Nc1ccc(OC)cc1)c1ccccc1. The molecule has 0 aliphatic rings. The molecule has 0 saturated carbocycles. The van der Waals surface area contributed by atoms with E-state index in [-0.39, 0.29) is 6.61 Å². The van der Waals surface area contributed by atoms with Crippen molar-refractivity contribution in [3.05, 3.63) is 60.2 Å². The van der Waals surface area contributed by atoms with Crippen LogP contribution in [0.1, 0.15) is 25.3 Å². The zero-order chi connectivity index (χ0) is 15.1. The second-order valence-electron chi connectivity index (χ2n) is 5.21. The van der Waals surface area contributed by atoms with Crippen LogP contribution in [0.5, 0.6) is 5.75 Å². The molecule has 21 heavy (non-hydrogen) atoms. The van der Waals surface area contributed by atoms with E-state index < -0.39 is 5.54 Å². The number of hydrogen-bond donors (Lipinski definition) is 2. The predicted octanol–water partition coefficient (Wildman–Crippen LogP) is 3.80. The molecule has 2 aromatic rings. The first-order valence-electron chi connectivity index (χ1n) is 7.32. The zero-order valence-corrected chi connectivity index (χ0v) is 12.7. The molecule has 0 amide bonds. The van der Waals surface area contributed by atoms with Gasteiger partial charge in [-0.25, -0.2) is 0 Å². The van der Waals surface area contributed by atoms with Crippen molar-refractivity contribution in [3.8, 4) is 5.75 Å². The largest absolute Gasteiger partial charge is 0.497 e. The summed E-state index contributed by atoms with van der Waals surface area (Å²) in [6, 6.07) is 17.9. The molecule has 2 aromatic carbocycles. The van der Waals surface area contributed by atoms with Crippen molar-refractivity contribution < 1.29 is 9.84 Å². The average molecular weight is 285 g/mol. The fourth-order valence-corrected chi connectivity index (χ4v) is 2.62. The Bertz CT molecular complexity index is 539. The van der Waals surface area contributed by atoms with Crippen molar-refractivity contribution in [2.75, 3.05) is 19.0 Å². The van der Waals surface area contributed by atoms with Gasteiger partial charge in [0.05, 0.1) is 19.3 Å². The smallest absolute Gasteiger partial charge is 0.119 e. The minimum Gasteiger partial charge on any atom is -0.497 e. The minimum atomic E-state index is -0.454. The molecule has 0 saturated heterocycles. The summed E-state index contributed by atoms with van der Waals surface area (Å²) in [5.74, 6) is 0.824. The molecule has 112 valence electrons. The van der Waals surface area contributed by atoms with Crippen molar-refractivity contribution in [1.29, 1.82) is 0 Å². The number of anilines is 1. The van der Waals surface area contributed by atoms with Gasteiger partial charge >= 0.3 is 0 Å². The molecule has 0 fully saturated rings. The lowest BCUT2D eigenvalue weighted by Gasteiger charge is -2.34. The summed E-state index contributed by atoms with van der Waals surface area (Å²) < 4.78 is 5.18. The highest BCUT2D eigenvalue weighted by Crippen LogP contribution is 2.31. The van der Waals surface area contributed by atoms with Gasteiger partial charge in [0.2, 0.25) is 0 Å². The highest BCUT2D eigenvalue weighted by atomic mass is 16.5. The summed E-state index contributed by atoms with van der Waals surface area (Å²) in [5.41, 5.74) is 1.62. The maximum Gasteiger partial charge on any atom is 0.119 e. The molecular weight excluding hydrogens is 262 g/mol. The number of nitrogens with one attached hydrogen (secondary N) is 1. The summed E-state index contributed by atoms with van der Waals surface area (Å²) in [6.45, 7) is 2.18. The first kappa shape index (κ1) is 15.4. The molecule has 0 aliphatic heterocycles. The number of aliphatic hydroxyl groups is 1. The number of aliphatic hydroxyl groups excluding tert-OH is 1. The van der Waals surface area contributed by atoms with Crippen LogP contribution in [-0.2, 0) is 5.54 Å². The molecule has 0 bridgehead atoms. The zero-order valence-electron chi connectivity index (χ0n) is 12.7. The molecule has 0 radical (unpaired) electrons. The van der Waals surface area contributed by atoms with Gasteiger partial charge in [0, 0.05) is 5.69 Å². The molecule has 2 rings (SSSR count). The van der Waals surface area contributed by atoms with Gasteiger partial charge in [0.15, 0.2) is 0 Å². The fraction of sp³-hybridized carbons (Fsp3) is 0.333. The van der Waals surface area contributed by atoms with Gasteiger partial charge in [0.1, 0.15) is 5.75 Å². The van der Waals surface area contributed by atoms with E-state index in [4.69, 9.17) is 4.74 Å². The highest BCUT2D eigenvalue weighted by Gasteiger charge is 2.30. The molecule has 1 atom stereocenters. The predicted molar refractivity (Wildman–Crippen MR) is 86.7 cm³/mol. The van der Waals surface area contributed by atoms with Crippen molar-refractivity contribution in [2.24, 2.45) is 0 Å². The third kappa shape index (κ3) is 3.56. The van der Waals surface area contributed by atoms with Gasteiger partial charge in [-0.05, 0) is 36.2 Å². The average Bonchev–Trinajstić information content (AvgIpc) is 2.56. The summed E-state index contributed by atoms with van der Waals surface area (Å²) >= 11 is 0. The molecule has 3 nitrogen and oxygen atoms in total. The monoisotopic (exact) mass is 285 g/mol. The van der Waals surface area contributed by atoms with Crippen molar-refractivity contribution in [3.63, 3.8) is 0 Å². The molecule has 0 aliphatic carbocycles. The van der Waals surface area contributed by atoms with Crippen LogP contribution in [0.3, 0.4) is 0 Å². The third-order valence-corrected chi connectivity index (χ3v) is 3.75. The Morgan fingerprint density at radius 3 is 2.24 bits per heavy atom. The maximum atomic E-state index is 10.0. The lowest BCUT2D eigenvalue weighted by molar-refractivity contribution is 0.202. The first-order valence-corrected chi connectivity index (χ1v) is 7.32. The maximum absolute atomic E-state index is 10.0. The molecule has 1 unspecified atom stereocenters. The lowest BCUT2D eigenvalue weighted by atomic mass is 9.86. The van der Waals surface area contributed by atoms with Crippen LogP contribution in [-0.4, -0.2) is 18.8 Å². The highest BCUT2D eigenvalue weighted by molar-refractivity contribution is 5.50. The number of methoxy groups -OCH3 is 1. The molecule has 0 aromatic heterocycles. The van der Waals surface area contributed by atoms with E-state index >= 15 is 0 Å². The number of rotatable bonds is 7. The Hall–Kier alpha value is -2.00.